The molecule has 0 radical (unpaired) electrons. The lowest BCUT2D eigenvalue weighted by atomic mass is 10.1. The predicted molar refractivity (Wildman–Crippen MR) is 109 cm³/mol. The zero-order valence-electron chi connectivity index (χ0n) is 15.1. The van der Waals surface area contributed by atoms with Crippen LogP contribution < -0.4 is 0 Å². The number of carboxylic acids is 1. The van der Waals surface area contributed by atoms with Crippen LogP contribution in [0.2, 0.25) is 0 Å². The Labute approximate surface area is 166 Å². The van der Waals surface area contributed by atoms with Gasteiger partial charge in [-0.25, -0.2) is 17.4 Å². The Balaban J connectivity index is 1.87. The van der Waals surface area contributed by atoms with E-state index in [4.69, 9.17) is 5.11 Å². The summed E-state index contributed by atoms with van der Waals surface area (Å²) in [6.07, 6.45) is 0.726. The molecule has 0 unspecified atom stereocenters. The number of aromatic nitrogens is 2. The maximum Gasteiger partial charge on any atom is 0.303 e. The molecule has 6 nitrogen and oxygen atoms in total. The minimum absolute atomic E-state index is 0.00652. The van der Waals surface area contributed by atoms with Crippen LogP contribution >= 0.6 is 11.3 Å². The molecule has 0 aliphatic rings. The molecule has 0 bridgehead atoms. The highest BCUT2D eigenvalue weighted by Crippen LogP contribution is 2.29. The Morgan fingerprint density at radius 1 is 1.18 bits per heavy atom. The Bertz CT molecular complexity index is 1300. The van der Waals surface area contributed by atoms with Crippen molar-refractivity contribution >= 4 is 48.4 Å². The summed E-state index contributed by atoms with van der Waals surface area (Å²) in [6.45, 7) is 1.95. The molecule has 0 aliphatic heterocycles. The first-order valence-corrected chi connectivity index (χ1v) is 11.1. The van der Waals surface area contributed by atoms with E-state index in [0.29, 0.717) is 24.1 Å². The van der Waals surface area contributed by atoms with Gasteiger partial charge in [0.15, 0.2) is 0 Å². The fourth-order valence-corrected chi connectivity index (χ4v) is 5.73. The summed E-state index contributed by atoms with van der Waals surface area (Å²) in [5, 5.41) is 9.75. The number of fused-ring (bicyclic) bond motifs is 2. The molecular weight excluding hydrogens is 396 g/mol. The lowest BCUT2D eigenvalue weighted by Crippen LogP contribution is -2.16. The lowest BCUT2D eigenvalue weighted by Gasteiger charge is -2.12. The summed E-state index contributed by atoms with van der Waals surface area (Å²) in [5.41, 5.74) is 4.67. The molecule has 2 aromatic heterocycles. The van der Waals surface area contributed by atoms with E-state index in [1.807, 2.05) is 25.1 Å². The molecule has 0 aliphatic carbocycles. The van der Waals surface area contributed by atoms with Crippen molar-refractivity contribution in [1.82, 2.24) is 8.96 Å². The molecule has 4 rings (SSSR count). The summed E-state index contributed by atoms with van der Waals surface area (Å²) >= 11 is 1.39. The second-order valence-corrected chi connectivity index (χ2v) is 9.37. The van der Waals surface area contributed by atoms with Gasteiger partial charge in [0, 0.05) is 17.5 Å². The van der Waals surface area contributed by atoms with Crippen LogP contribution in [0.25, 0.3) is 21.1 Å². The highest BCUT2D eigenvalue weighted by Gasteiger charge is 2.23. The van der Waals surface area contributed by atoms with Crippen molar-refractivity contribution < 1.29 is 18.3 Å². The Kier molecular flexibility index (Phi) is 4.68. The molecule has 2 heterocycles. The standard InChI is InChI=1S/C20H18N2O4S2/c1-13-5-8-18-14(9-13)10-15(3-2-4-20(23)24)22(18)28(25,26)16-6-7-17-19(11-16)27-12-21-17/h5-12H,2-4H2,1H3,(H,23,24). The third-order valence-electron chi connectivity index (χ3n) is 4.65. The minimum Gasteiger partial charge on any atom is -0.481 e. The van der Waals surface area contributed by atoms with Gasteiger partial charge in [0.25, 0.3) is 10.0 Å². The van der Waals surface area contributed by atoms with Gasteiger partial charge in [-0.05, 0) is 56.2 Å². The number of carboxylic acid groups (broad SMARTS) is 1. The van der Waals surface area contributed by atoms with Crippen LogP contribution in [0.1, 0.15) is 24.1 Å². The van der Waals surface area contributed by atoms with Crippen molar-refractivity contribution in [2.75, 3.05) is 0 Å². The quantitative estimate of drug-likeness (QED) is 0.511. The number of carbonyl (C=O) groups is 1. The Morgan fingerprint density at radius 3 is 2.79 bits per heavy atom. The molecule has 1 N–H and O–H groups in total. The molecule has 0 saturated carbocycles. The van der Waals surface area contributed by atoms with E-state index in [1.165, 1.54) is 15.3 Å². The van der Waals surface area contributed by atoms with Crippen LogP contribution in [0.3, 0.4) is 0 Å². The predicted octanol–water partition coefficient (Wildman–Crippen LogP) is 4.20. The number of rotatable bonds is 6. The molecule has 0 fully saturated rings. The van der Waals surface area contributed by atoms with E-state index in [-0.39, 0.29) is 11.3 Å². The molecule has 0 saturated heterocycles. The number of aliphatic carboxylic acids is 1. The first kappa shape index (κ1) is 18.6. The van der Waals surface area contributed by atoms with Crippen molar-refractivity contribution in [3.63, 3.8) is 0 Å². The van der Waals surface area contributed by atoms with E-state index < -0.39 is 16.0 Å². The van der Waals surface area contributed by atoms with E-state index in [2.05, 4.69) is 4.98 Å². The molecule has 0 spiro atoms. The number of hydrogen-bond acceptors (Lipinski definition) is 5. The first-order valence-electron chi connectivity index (χ1n) is 8.78. The molecule has 0 atom stereocenters. The van der Waals surface area contributed by atoms with E-state index in [1.54, 1.807) is 29.8 Å². The normalized spacial score (nSPS) is 12.0. The molecule has 2 aromatic carbocycles. The zero-order valence-corrected chi connectivity index (χ0v) is 16.8. The van der Waals surface area contributed by atoms with Crippen molar-refractivity contribution in [2.24, 2.45) is 0 Å². The van der Waals surface area contributed by atoms with Crippen molar-refractivity contribution in [3.05, 3.63) is 59.2 Å². The maximum atomic E-state index is 13.5. The first-order chi connectivity index (χ1) is 13.4. The van der Waals surface area contributed by atoms with Gasteiger partial charge in [-0.1, -0.05) is 11.6 Å². The third kappa shape index (κ3) is 3.29. The van der Waals surface area contributed by atoms with Crippen LogP contribution in [0.4, 0.5) is 0 Å². The van der Waals surface area contributed by atoms with Gasteiger partial charge < -0.3 is 5.11 Å². The SMILES string of the molecule is Cc1ccc2c(c1)cc(CCCC(=O)O)n2S(=O)(=O)c1ccc2ncsc2c1. The van der Waals surface area contributed by atoms with Crippen molar-refractivity contribution in [2.45, 2.75) is 31.1 Å². The average Bonchev–Trinajstić information content (AvgIpc) is 3.24. The van der Waals surface area contributed by atoms with Crippen LogP contribution in [-0.4, -0.2) is 28.5 Å². The van der Waals surface area contributed by atoms with Crippen LogP contribution in [0, 0.1) is 6.92 Å². The zero-order chi connectivity index (χ0) is 19.9. The molecule has 28 heavy (non-hydrogen) atoms. The summed E-state index contributed by atoms with van der Waals surface area (Å²) in [6, 6.07) is 12.4. The largest absolute Gasteiger partial charge is 0.481 e. The smallest absolute Gasteiger partial charge is 0.303 e. The maximum absolute atomic E-state index is 13.5. The van der Waals surface area contributed by atoms with Gasteiger partial charge in [-0.3, -0.25) is 4.79 Å². The van der Waals surface area contributed by atoms with Crippen LogP contribution in [0.15, 0.2) is 52.9 Å². The fourth-order valence-electron chi connectivity index (χ4n) is 3.35. The highest BCUT2D eigenvalue weighted by atomic mass is 32.2. The summed E-state index contributed by atoms with van der Waals surface area (Å²) in [4.78, 5) is 15.3. The van der Waals surface area contributed by atoms with Gasteiger partial charge in [0.05, 0.1) is 26.1 Å². The van der Waals surface area contributed by atoms with Gasteiger partial charge in [-0.2, -0.15) is 0 Å². The van der Waals surface area contributed by atoms with Gasteiger partial charge in [0.1, 0.15) is 0 Å². The topological polar surface area (TPSA) is 89.3 Å². The summed E-state index contributed by atoms with van der Waals surface area (Å²) in [7, 11) is -3.84. The van der Waals surface area contributed by atoms with Gasteiger partial charge >= 0.3 is 5.97 Å². The van der Waals surface area contributed by atoms with Gasteiger partial charge in [-0.15, -0.1) is 11.3 Å². The lowest BCUT2D eigenvalue weighted by molar-refractivity contribution is -0.137. The number of hydrogen-bond donors (Lipinski definition) is 1. The molecular formula is C20H18N2O4S2. The monoisotopic (exact) mass is 414 g/mol. The molecule has 0 amide bonds. The van der Waals surface area contributed by atoms with E-state index in [9.17, 15) is 13.2 Å². The second-order valence-electron chi connectivity index (χ2n) is 6.70. The van der Waals surface area contributed by atoms with Crippen LogP contribution in [0.5, 0.6) is 0 Å². The number of aryl methyl sites for hydroxylation is 2. The fraction of sp³-hybridized carbons (Fsp3) is 0.200. The summed E-state index contributed by atoms with van der Waals surface area (Å²) in [5.74, 6) is -0.892. The Morgan fingerprint density at radius 2 is 2.00 bits per heavy atom. The van der Waals surface area contributed by atoms with Crippen molar-refractivity contribution in [1.29, 1.82) is 0 Å². The number of nitrogens with zero attached hydrogens (tertiary/aromatic N) is 2. The highest BCUT2D eigenvalue weighted by molar-refractivity contribution is 7.90. The summed E-state index contributed by atoms with van der Waals surface area (Å²) < 4.78 is 29.2. The second kappa shape index (κ2) is 7.03. The number of thiazole rings is 1. The molecule has 144 valence electrons. The van der Waals surface area contributed by atoms with Crippen molar-refractivity contribution in [3.8, 4) is 0 Å². The van der Waals surface area contributed by atoms with E-state index in [0.717, 1.165) is 21.2 Å². The Hall–Kier alpha value is -2.71. The number of benzene rings is 2. The average molecular weight is 415 g/mol. The minimum atomic E-state index is -3.84. The molecule has 4 aromatic rings. The van der Waals surface area contributed by atoms with Gasteiger partial charge in [0.2, 0.25) is 0 Å². The molecule has 8 heteroatoms. The van der Waals surface area contributed by atoms with Crippen LogP contribution in [-0.2, 0) is 21.2 Å². The van der Waals surface area contributed by atoms with E-state index >= 15 is 0 Å². The third-order valence-corrected chi connectivity index (χ3v) is 7.20.